The van der Waals surface area contributed by atoms with Gasteiger partial charge in [-0.1, -0.05) is 66.2 Å². The molecule has 0 fully saturated rings. The third-order valence-electron chi connectivity index (χ3n) is 5.22. The minimum atomic E-state index is -0.212. The molecule has 0 saturated carbocycles. The van der Waals surface area contributed by atoms with Crippen molar-refractivity contribution in [2.75, 3.05) is 0 Å². The van der Waals surface area contributed by atoms with Crippen molar-refractivity contribution >= 4 is 28.4 Å². The van der Waals surface area contributed by atoms with Crippen molar-refractivity contribution in [2.24, 2.45) is 0 Å². The van der Waals surface area contributed by atoms with E-state index in [0.29, 0.717) is 36.5 Å². The molecule has 1 aromatic heterocycles. The first kappa shape index (κ1) is 20.2. The second kappa shape index (κ2) is 9.14. The Balaban J connectivity index is 1.46. The van der Waals surface area contributed by atoms with Crippen LogP contribution in [-0.2, 0) is 24.3 Å². The zero-order chi connectivity index (χ0) is 20.9. The zero-order valence-corrected chi connectivity index (χ0v) is 17.2. The number of benzene rings is 3. The molecule has 4 rings (SSSR count). The predicted octanol–water partition coefficient (Wildman–Crippen LogP) is 5.73. The Labute approximate surface area is 180 Å². The van der Waals surface area contributed by atoms with E-state index in [1.54, 1.807) is 12.1 Å². The minimum absolute atomic E-state index is 0.0270. The molecule has 1 amide bonds. The largest absolute Gasteiger partial charge is 0.352 e. The molecule has 0 aliphatic carbocycles. The van der Waals surface area contributed by atoms with Crippen LogP contribution in [0.25, 0.3) is 10.9 Å². The average molecular weight is 421 g/mol. The Hall–Kier alpha value is -3.11. The number of para-hydroxylation sites is 1. The lowest BCUT2D eigenvalue weighted by Crippen LogP contribution is -2.23. The maximum absolute atomic E-state index is 14.1. The summed E-state index contributed by atoms with van der Waals surface area (Å²) in [6.45, 7) is 0.861. The molecule has 0 spiro atoms. The van der Waals surface area contributed by atoms with Gasteiger partial charge in [0.25, 0.3) is 0 Å². The van der Waals surface area contributed by atoms with Crippen LogP contribution in [0, 0.1) is 5.82 Å². The average Bonchev–Trinajstić information content (AvgIpc) is 3.11. The van der Waals surface area contributed by atoms with Crippen LogP contribution in [0.2, 0.25) is 5.02 Å². The molecule has 5 heteroatoms. The number of amides is 1. The predicted molar refractivity (Wildman–Crippen MR) is 119 cm³/mol. The van der Waals surface area contributed by atoms with Gasteiger partial charge in [0, 0.05) is 40.7 Å². The molecule has 4 aromatic rings. The number of hydrogen-bond acceptors (Lipinski definition) is 1. The number of fused-ring (bicyclic) bond motifs is 1. The van der Waals surface area contributed by atoms with Gasteiger partial charge >= 0.3 is 0 Å². The second-order valence-electron chi connectivity index (χ2n) is 7.26. The molecule has 0 aliphatic rings. The third kappa shape index (κ3) is 4.55. The van der Waals surface area contributed by atoms with E-state index in [2.05, 4.69) is 5.32 Å². The highest BCUT2D eigenvalue weighted by Crippen LogP contribution is 2.24. The molecule has 0 aliphatic heterocycles. The van der Waals surface area contributed by atoms with Crippen molar-refractivity contribution in [3.05, 3.63) is 107 Å². The number of carbonyl (C=O) groups excluding carboxylic acids is 1. The minimum Gasteiger partial charge on any atom is -0.352 e. The first-order valence-electron chi connectivity index (χ1n) is 9.92. The molecule has 0 radical (unpaired) electrons. The highest BCUT2D eigenvalue weighted by molar-refractivity contribution is 6.31. The van der Waals surface area contributed by atoms with E-state index in [0.717, 1.165) is 22.0 Å². The fourth-order valence-corrected chi connectivity index (χ4v) is 3.84. The molecule has 3 nitrogen and oxygen atoms in total. The van der Waals surface area contributed by atoms with Gasteiger partial charge in [0.1, 0.15) is 5.82 Å². The zero-order valence-electron chi connectivity index (χ0n) is 16.4. The number of nitrogens with one attached hydrogen (secondary N) is 1. The van der Waals surface area contributed by atoms with E-state index >= 15 is 0 Å². The van der Waals surface area contributed by atoms with Crippen LogP contribution < -0.4 is 5.32 Å². The molecule has 0 atom stereocenters. The topological polar surface area (TPSA) is 34.0 Å². The molecule has 1 N–H and O–H groups in total. The van der Waals surface area contributed by atoms with E-state index in [1.165, 1.54) is 6.07 Å². The lowest BCUT2D eigenvalue weighted by Gasteiger charge is -2.07. The number of halogens is 2. The Kier molecular flexibility index (Phi) is 6.15. The lowest BCUT2D eigenvalue weighted by molar-refractivity contribution is -0.121. The number of hydrogen-bond donors (Lipinski definition) is 1. The van der Waals surface area contributed by atoms with Crippen molar-refractivity contribution in [3.8, 4) is 0 Å². The smallest absolute Gasteiger partial charge is 0.220 e. The molecule has 1 heterocycles. The van der Waals surface area contributed by atoms with Crippen molar-refractivity contribution in [2.45, 2.75) is 25.9 Å². The van der Waals surface area contributed by atoms with Crippen molar-refractivity contribution in [3.63, 3.8) is 0 Å². The summed E-state index contributed by atoms with van der Waals surface area (Å²) in [5.41, 5.74) is 3.65. The van der Waals surface area contributed by atoms with Gasteiger partial charge in [-0.05, 0) is 35.7 Å². The summed E-state index contributed by atoms with van der Waals surface area (Å²) in [7, 11) is 0. The summed E-state index contributed by atoms with van der Waals surface area (Å²) in [5.74, 6) is -0.239. The van der Waals surface area contributed by atoms with Crippen LogP contribution in [-0.4, -0.2) is 10.5 Å². The maximum atomic E-state index is 14.1. The molecular weight excluding hydrogens is 399 g/mol. The van der Waals surface area contributed by atoms with Crippen LogP contribution in [0.1, 0.15) is 23.1 Å². The summed E-state index contributed by atoms with van der Waals surface area (Å²) in [4.78, 5) is 12.4. The van der Waals surface area contributed by atoms with E-state index in [9.17, 15) is 9.18 Å². The van der Waals surface area contributed by atoms with Gasteiger partial charge in [0.15, 0.2) is 0 Å². The Bertz CT molecular complexity index is 1180. The monoisotopic (exact) mass is 420 g/mol. The van der Waals surface area contributed by atoms with Crippen LogP contribution in [0.3, 0.4) is 0 Å². The van der Waals surface area contributed by atoms with E-state index < -0.39 is 0 Å². The number of rotatable bonds is 7. The van der Waals surface area contributed by atoms with E-state index in [1.807, 2.05) is 65.4 Å². The fraction of sp³-hybridized carbons (Fsp3) is 0.160. The Morgan fingerprint density at radius 1 is 0.900 bits per heavy atom. The van der Waals surface area contributed by atoms with E-state index in [4.69, 9.17) is 11.6 Å². The summed E-state index contributed by atoms with van der Waals surface area (Å²) >= 11 is 6.15. The number of carbonyl (C=O) groups is 1. The van der Waals surface area contributed by atoms with Crippen molar-refractivity contribution in [1.29, 1.82) is 0 Å². The van der Waals surface area contributed by atoms with Crippen LogP contribution in [0.4, 0.5) is 4.39 Å². The summed E-state index contributed by atoms with van der Waals surface area (Å²) in [5, 5.41) is 4.67. The Morgan fingerprint density at radius 2 is 1.60 bits per heavy atom. The quantitative estimate of drug-likeness (QED) is 0.407. The van der Waals surface area contributed by atoms with Gasteiger partial charge in [-0.3, -0.25) is 4.79 Å². The highest BCUT2D eigenvalue weighted by atomic mass is 35.5. The standard InChI is InChI=1S/C25H22ClFN2O/c26-22-10-4-1-7-18(22)15-28-25(30)14-13-19-16-29(24-12-6-3-9-21(19)24)17-20-8-2-5-11-23(20)27/h1-12,16H,13-15,17H2,(H,28,30). The van der Waals surface area contributed by atoms with Crippen LogP contribution >= 0.6 is 11.6 Å². The summed E-state index contributed by atoms with van der Waals surface area (Å²) in [6.07, 6.45) is 3.01. The summed E-state index contributed by atoms with van der Waals surface area (Å²) in [6, 6.07) is 22.3. The van der Waals surface area contributed by atoms with Gasteiger partial charge in [-0.15, -0.1) is 0 Å². The highest BCUT2D eigenvalue weighted by Gasteiger charge is 2.12. The first-order chi connectivity index (χ1) is 14.6. The lowest BCUT2D eigenvalue weighted by atomic mass is 10.1. The molecular formula is C25H22ClFN2O. The number of aryl methyl sites for hydroxylation is 1. The first-order valence-corrected chi connectivity index (χ1v) is 10.3. The second-order valence-corrected chi connectivity index (χ2v) is 7.67. The number of nitrogens with zero attached hydrogens (tertiary/aromatic N) is 1. The van der Waals surface area contributed by atoms with Gasteiger partial charge in [0.2, 0.25) is 5.91 Å². The number of aromatic nitrogens is 1. The maximum Gasteiger partial charge on any atom is 0.220 e. The third-order valence-corrected chi connectivity index (χ3v) is 5.59. The van der Waals surface area contributed by atoms with Gasteiger partial charge in [0.05, 0.1) is 6.54 Å². The van der Waals surface area contributed by atoms with E-state index in [-0.39, 0.29) is 11.7 Å². The molecule has 30 heavy (non-hydrogen) atoms. The normalized spacial score (nSPS) is 11.0. The molecule has 3 aromatic carbocycles. The molecule has 0 saturated heterocycles. The van der Waals surface area contributed by atoms with Crippen molar-refractivity contribution in [1.82, 2.24) is 9.88 Å². The van der Waals surface area contributed by atoms with Crippen LogP contribution in [0.15, 0.2) is 79.0 Å². The van der Waals surface area contributed by atoms with Gasteiger partial charge < -0.3 is 9.88 Å². The van der Waals surface area contributed by atoms with Crippen LogP contribution in [0.5, 0.6) is 0 Å². The Morgan fingerprint density at radius 3 is 2.40 bits per heavy atom. The molecule has 0 unspecified atom stereocenters. The van der Waals surface area contributed by atoms with Crippen molar-refractivity contribution < 1.29 is 9.18 Å². The molecule has 152 valence electrons. The SMILES string of the molecule is O=C(CCc1cn(Cc2ccccc2F)c2ccccc12)NCc1ccccc1Cl. The summed E-state index contributed by atoms with van der Waals surface area (Å²) < 4.78 is 16.2. The van der Waals surface area contributed by atoms with Gasteiger partial charge in [-0.25, -0.2) is 4.39 Å². The van der Waals surface area contributed by atoms with Gasteiger partial charge in [-0.2, -0.15) is 0 Å². The molecule has 0 bridgehead atoms. The fourth-order valence-electron chi connectivity index (χ4n) is 3.64.